The van der Waals surface area contributed by atoms with Crippen molar-refractivity contribution in [2.45, 2.75) is 37.7 Å². The topological polar surface area (TPSA) is 70.1 Å². The van der Waals surface area contributed by atoms with Crippen molar-refractivity contribution in [1.82, 2.24) is 4.90 Å². The van der Waals surface area contributed by atoms with Crippen LogP contribution < -0.4 is 9.64 Å². The molecular formula is C24H28N2O4. The van der Waals surface area contributed by atoms with E-state index in [9.17, 15) is 14.7 Å². The SMILES string of the molecule is COc1ccccc1C(=O)CC1(O)C(=O)N(CN2CCCCCC2)c2ccccc21. The predicted molar refractivity (Wildman–Crippen MR) is 115 cm³/mol. The summed E-state index contributed by atoms with van der Waals surface area (Å²) in [6.07, 6.45) is 4.32. The van der Waals surface area contributed by atoms with Crippen molar-refractivity contribution < 1.29 is 19.4 Å². The molecule has 0 aromatic heterocycles. The van der Waals surface area contributed by atoms with E-state index in [2.05, 4.69) is 4.90 Å². The van der Waals surface area contributed by atoms with Crippen LogP contribution in [0.5, 0.6) is 5.75 Å². The number of benzene rings is 2. The van der Waals surface area contributed by atoms with Crippen LogP contribution in [0.25, 0.3) is 0 Å². The van der Waals surface area contributed by atoms with E-state index in [4.69, 9.17) is 4.74 Å². The number of methoxy groups -OCH3 is 1. The predicted octanol–water partition coefficient (Wildman–Crippen LogP) is 3.34. The Morgan fingerprint density at radius 1 is 1.03 bits per heavy atom. The first kappa shape index (κ1) is 20.6. The van der Waals surface area contributed by atoms with Gasteiger partial charge in [0.1, 0.15) is 5.75 Å². The Morgan fingerprint density at radius 3 is 2.43 bits per heavy atom. The smallest absolute Gasteiger partial charge is 0.265 e. The molecule has 1 fully saturated rings. The fourth-order valence-electron chi connectivity index (χ4n) is 4.50. The highest BCUT2D eigenvalue weighted by Gasteiger charge is 2.51. The zero-order chi connectivity index (χ0) is 21.1. The van der Waals surface area contributed by atoms with Crippen molar-refractivity contribution >= 4 is 17.4 Å². The molecule has 2 aliphatic heterocycles. The molecule has 6 nitrogen and oxygen atoms in total. The fourth-order valence-corrected chi connectivity index (χ4v) is 4.50. The van der Waals surface area contributed by atoms with Crippen molar-refractivity contribution in [1.29, 1.82) is 0 Å². The molecule has 30 heavy (non-hydrogen) atoms. The number of hydrogen-bond donors (Lipinski definition) is 1. The highest BCUT2D eigenvalue weighted by molar-refractivity contribution is 6.11. The second-order valence-corrected chi connectivity index (χ2v) is 8.08. The standard InChI is InChI=1S/C24H28N2O4/c1-30-22-13-7-4-10-18(22)21(27)16-24(29)19-11-5-6-12-20(19)26(23(24)28)17-25-14-8-2-3-9-15-25/h4-7,10-13,29H,2-3,8-9,14-17H2,1H3. The lowest BCUT2D eigenvalue weighted by Crippen LogP contribution is -2.46. The first-order chi connectivity index (χ1) is 14.5. The average molecular weight is 408 g/mol. The summed E-state index contributed by atoms with van der Waals surface area (Å²) in [5.41, 5.74) is -0.333. The van der Waals surface area contributed by atoms with Gasteiger partial charge in [-0.2, -0.15) is 0 Å². The summed E-state index contributed by atoms with van der Waals surface area (Å²) in [6, 6.07) is 14.1. The maximum absolute atomic E-state index is 13.4. The second kappa shape index (κ2) is 8.58. The van der Waals surface area contributed by atoms with Gasteiger partial charge in [-0.25, -0.2) is 0 Å². The Labute approximate surface area is 177 Å². The molecule has 2 aliphatic rings. The van der Waals surface area contributed by atoms with Gasteiger partial charge < -0.3 is 9.84 Å². The lowest BCUT2D eigenvalue weighted by molar-refractivity contribution is -0.136. The van der Waals surface area contributed by atoms with E-state index in [0.717, 1.165) is 25.9 Å². The summed E-state index contributed by atoms with van der Waals surface area (Å²) in [4.78, 5) is 30.4. The molecule has 0 radical (unpaired) electrons. The van der Waals surface area contributed by atoms with Gasteiger partial charge in [-0.05, 0) is 44.1 Å². The minimum Gasteiger partial charge on any atom is -0.496 e. The number of ketones is 1. The molecule has 0 aliphatic carbocycles. The molecule has 4 rings (SSSR count). The second-order valence-electron chi connectivity index (χ2n) is 8.08. The van der Waals surface area contributed by atoms with E-state index in [1.165, 1.54) is 20.0 Å². The van der Waals surface area contributed by atoms with Gasteiger partial charge in [0.15, 0.2) is 11.4 Å². The lowest BCUT2D eigenvalue weighted by atomic mass is 9.88. The molecule has 0 spiro atoms. The maximum Gasteiger partial charge on any atom is 0.265 e. The maximum atomic E-state index is 13.4. The van der Waals surface area contributed by atoms with Gasteiger partial charge in [0.05, 0.1) is 31.5 Å². The Hall–Kier alpha value is -2.70. The van der Waals surface area contributed by atoms with Crippen LogP contribution in [0.15, 0.2) is 48.5 Å². The molecular weight excluding hydrogens is 380 g/mol. The Balaban J connectivity index is 1.62. The van der Waals surface area contributed by atoms with Crippen LogP contribution in [0.2, 0.25) is 0 Å². The van der Waals surface area contributed by atoms with Crippen molar-refractivity contribution in [3.8, 4) is 5.75 Å². The van der Waals surface area contributed by atoms with Crippen LogP contribution in [-0.2, 0) is 10.4 Å². The normalized spacial score (nSPS) is 21.9. The number of anilines is 1. The molecule has 6 heteroatoms. The molecule has 2 heterocycles. The quantitative estimate of drug-likeness (QED) is 0.743. The molecule has 2 aromatic rings. The van der Waals surface area contributed by atoms with E-state index in [1.54, 1.807) is 41.3 Å². The molecule has 1 atom stereocenters. The van der Waals surface area contributed by atoms with Crippen molar-refractivity contribution in [2.75, 3.05) is 31.8 Å². The van der Waals surface area contributed by atoms with E-state index in [-0.39, 0.29) is 12.2 Å². The Morgan fingerprint density at radius 2 is 1.70 bits per heavy atom. The molecule has 2 aromatic carbocycles. The van der Waals surface area contributed by atoms with Crippen LogP contribution >= 0.6 is 0 Å². The van der Waals surface area contributed by atoms with Gasteiger partial charge in [-0.3, -0.25) is 19.4 Å². The van der Waals surface area contributed by atoms with Crippen molar-refractivity contribution in [3.63, 3.8) is 0 Å². The number of para-hydroxylation sites is 2. The third-order valence-corrected chi connectivity index (χ3v) is 6.10. The highest BCUT2D eigenvalue weighted by Crippen LogP contribution is 2.43. The van der Waals surface area contributed by atoms with Gasteiger partial charge in [-0.15, -0.1) is 0 Å². The number of amides is 1. The largest absolute Gasteiger partial charge is 0.496 e. The highest BCUT2D eigenvalue weighted by atomic mass is 16.5. The van der Waals surface area contributed by atoms with Crippen LogP contribution in [-0.4, -0.2) is 48.6 Å². The molecule has 0 bridgehead atoms. The summed E-state index contributed by atoms with van der Waals surface area (Å²) in [5.74, 6) is -0.322. The van der Waals surface area contributed by atoms with Crippen LogP contribution in [0, 0.1) is 0 Å². The summed E-state index contributed by atoms with van der Waals surface area (Å²) < 4.78 is 5.29. The Kier molecular flexibility index (Phi) is 5.88. The van der Waals surface area contributed by atoms with Gasteiger partial charge >= 0.3 is 0 Å². The third kappa shape index (κ3) is 3.73. The van der Waals surface area contributed by atoms with Gasteiger partial charge in [-0.1, -0.05) is 43.2 Å². The first-order valence-corrected chi connectivity index (χ1v) is 10.6. The minimum atomic E-state index is -1.87. The van der Waals surface area contributed by atoms with E-state index >= 15 is 0 Å². The molecule has 1 amide bonds. The number of carbonyl (C=O) groups excluding carboxylic acids is 2. The molecule has 158 valence electrons. The number of hydrogen-bond acceptors (Lipinski definition) is 5. The lowest BCUT2D eigenvalue weighted by Gasteiger charge is -2.28. The molecule has 0 saturated carbocycles. The van der Waals surface area contributed by atoms with Crippen molar-refractivity contribution in [3.05, 3.63) is 59.7 Å². The molecule has 1 N–H and O–H groups in total. The summed E-state index contributed by atoms with van der Waals surface area (Å²) >= 11 is 0. The number of aliphatic hydroxyl groups is 1. The summed E-state index contributed by atoms with van der Waals surface area (Å²) in [6.45, 7) is 2.30. The van der Waals surface area contributed by atoms with Crippen LogP contribution in [0.4, 0.5) is 5.69 Å². The number of nitrogens with zero attached hydrogens (tertiary/aromatic N) is 2. The number of rotatable bonds is 6. The number of carbonyl (C=O) groups is 2. The zero-order valence-electron chi connectivity index (χ0n) is 17.3. The minimum absolute atomic E-state index is 0.320. The van der Waals surface area contributed by atoms with E-state index in [0.29, 0.717) is 29.2 Å². The zero-order valence-corrected chi connectivity index (χ0v) is 17.3. The summed E-state index contributed by atoms with van der Waals surface area (Å²) in [5, 5.41) is 11.5. The van der Waals surface area contributed by atoms with Crippen molar-refractivity contribution in [2.24, 2.45) is 0 Å². The molecule has 1 saturated heterocycles. The van der Waals surface area contributed by atoms with Crippen LogP contribution in [0.3, 0.4) is 0 Å². The Bertz CT molecular complexity index is 936. The first-order valence-electron chi connectivity index (χ1n) is 10.6. The fraction of sp³-hybridized carbons (Fsp3) is 0.417. The number of ether oxygens (including phenoxy) is 1. The third-order valence-electron chi connectivity index (χ3n) is 6.10. The van der Waals surface area contributed by atoms with Gasteiger partial charge in [0, 0.05) is 5.56 Å². The number of fused-ring (bicyclic) bond motifs is 1. The number of likely N-dealkylation sites (tertiary alicyclic amines) is 1. The van der Waals surface area contributed by atoms with Crippen LogP contribution in [0.1, 0.15) is 48.0 Å². The van der Waals surface area contributed by atoms with Gasteiger partial charge in [0.25, 0.3) is 5.91 Å². The number of Topliss-reactive ketones (excluding diaryl/α,β-unsaturated/α-hetero) is 1. The van der Waals surface area contributed by atoms with E-state index < -0.39 is 11.5 Å². The molecule has 1 unspecified atom stereocenters. The monoisotopic (exact) mass is 408 g/mol. The van der Waals surface area contributed by atoms with E-state index in [1.807, 2.05) is 12.1 Å². The summed E-state index contributed by atoms with van der Waals surface area (Å²) in [7, 11) is 1.50. The van der Waals surface area contributed by atoms with Gasteiger partial charge in [0.2, 0.25) is 0 Å². The average Bonchev–Trinajstić information content (AvgIpc) is 2.95.